The highest BCUT2D eigenvalue weighted by atomic mass is 16.5. The summed E-state index contributed by atoms with van der Waals surface area (Å²) >= 11 is 0. The molecule has 0 fully saturated rings. The van der Waals surface area contributed by atoms with Crippen molar-refractivity contribution in [2.24, 2.45) is 0 Å². The molecule has 81 heavy (non-hydrogen) atoms. The van der Waals surface area contributed by atoms with E-state index in [4.69, 9.17) is 4.74 Å². The van der Waals surface area contributed by atoms with E-state index < -0.39 is 12.1 Å². The molecule has 1 amide bonds. The fourth-order valence-corrected chi connectivity index (χ4v) is 11.6. The molecule has 6 nitrogen and oxygen atoms in total. The zero-order chi connectivity index (χ0) is 58.5. The van der Waals surface area contributed by atoms with Crippen LogP contribution in [0.1, 0.15) is 406 Å². The summed E-state index contributed by atoms with van der Waals surface area (Å²) in [6.45, 7) is 4.87. The predicted octanol–water partition coefficient (Wildman–Crippen LogP) is 23.9. The molecule has 0 radical (unpaired) electrons. The largest absolute Gasteiger partial charge is 0.466 e. The van der Waals surface area contributed by atoms with Crippen LogP contribution in [0, 0.1) is 0 Å². The molecule has 2 atom stereocenters. The summed E-state index contributed by atoms with van der Waals surface area (Å²) in [5.74, 6) is -0.0546. The normalized spacial score (nSPS) is 12.7. The van der Waals surface area contributed by atoms with E-state index in [0.717, 1.165) is 51.4 Å². The quantitative estimate of drug-likeness (QED) is 0.0320. The number of carbonyl (C=O) groups is 2. The number of aliphatic hydroxyl groups excluding tert-OH is 2. The Kier molecular flexibility index (Phi) is 68.9. The van der Waals surface area contributed by atoms with Gasteiger partial charge in [0.15, 0.2) is 0 Å². The van der Waals surface area contributed by atoms with E-state index in [9.17, 15) is 19.8 Å². The zero-order valence-electron chi connectivity index (χ0n) is 54.8. The van der Waals surface area contributed by atoms with Crippen LogP contribution in [0.25, 0.3) is 0 Å². The van der Waals surface area contributed by atoms with Gasteiger partial charge in [0.25, 0.3) is 0 Å². The molecule has 0 rings (SSSR count). The number of aliphatic hydroxyl groups is 2. The van der Waals surface area contributed by atoms with E-state index >= 15 is 0 Å². The number of nitrogens with one attached hydrogen (secondary N) is 1. The van der Waals surface area contributed by atoms with Gasteiger partial charge in [0, 0.05) is 12.8 Å². The number of allylic oxidation sites excluding steroid dienone is 5. The van der Waals surface area contributed by atoms with E-state index in [0.29, 0.717) is 19.4 Å². The first-order chi connectivity index (χ1) is 40.0. The van der Waals surface area contributed by atoms with Crippen LogP contribution in [0.15, 0.2) is 36.5 Å². The highest BCUT2D eigenvalue weighted by molar-refractivity contribution is 5.76. The average molecular weight is 1140 g/mol. The number of unbranched alkanes of at least 4 members (excludes halogenated alkanes) is 54. The summed E-state index contributed by atoms with van der Waals surface area (Å²) in [5, 5.41) is 23.3. The van der Waals surface area contributed by atoms with Gasteiger partial charge < -0.3 is 20.3 Å². The number of amides is 1. The first-order valence-electron chi connectivity index (χ1n) is 36.8. The molecule has 0 saturated heterocycles. The minimum absolute atomic E-state index is 0.00537. The fourth-order valence-electron chi connectivity index (χ4n) is 11.6. The smallest absolute Gasteiger partial charge is 0.305 e. The Balaban J connectivity index is 3.36. The lowest BCUT2D eigenvalue weighted by atomic mass is 10.0. The highest BCUT2D eigenvalue weighted by Gasteiger charge is 2.18. The van der Waals surface area contributed by atoms with E-state index in [1.54, 1.807) is 6.08 Å². The zero-order valence-corrected chi connectivity index (χ0v) is 54.8. The van der Waals surface area contributed by atoms with Crippen molar-refractivity contribution in [1.82, 2.24) is 5.32 Å². The monoisotopic (exact) mass is 1140 g/mol. The number of carbonyl (C=O) groups excluding carboxylic acids is 2. The Hall–Kier alpha value is -1.92. The van der Waals surface area contributed by atoms with Crippen LogP contribution in [-0.2, 0) is 14.3 Å². The van der Waals surface area contributed by atoms with Crippen LogP contribution >= 0.6 is 0 Å². The summed E-state index contributed by atoms with van der Waals surface area (Å²) < 4.78 is 5.48. The van der Waals surface area contributed by atoms with E-state index in [-0.39, 0.29) is 18.5 Å². The van der Waals surface area contributed by atoms with Gasteiger partial charge >= 0.3 is 5.97 Å². The van der Waals surface area contributed by atoms with Gasteiger partial charge in [-0.05, 0) is 57.8 Å². The predicted molar refractivity (Wildman–Crippen MR) is 356 cm³/mol. The third-order valence-electron chi connectivity index (χ3n) is 17.1. The second-order valence-electron chi connectivity index (χ2n) is 25.3. The minimum Gasteiger partial charge on any atom is -0.466 e. The molecule has 0 aromatic heterocycles. The second-order valence-corrected chi connectivity index (χ2v) is 25.3. The Labute approximate surface area is 506 Å². The first kappa shape index (κ1) is 79.1. The SMILES string of the molecule is CCC/C=C\C/C=C\CCCCCCCC(=O)OCCCCCCCCCCCCCCCCCCCCCCCCCCCCCCCCCC(=O)NC(CO)C(O)/C=C/CCCCCCCCCCCCCCCCCCCC. The summed E-state index contributed by atoms with van der Waals surface area (Å²) in [6.07, 6.45) is 91.0. The molecule has 0 spiro atoms. The molecular formula is C75H143NO5. The second kappa shape index (κ2) is 70.6. The fraction of sp³-hybridized carbons (Fsp3) is 0.893. The molecule has 2 unspecified atom stereocenters. The molecule has 0 aliphatic carbocycles. The number of ether oxygens (including phenoxy) is 1. The van der Waals surface area contributed by atoms with Crippen LogP contribution in [0.4, 0.5) is 0 Å². The van der Waals surface area contributed by atoms with Crippen molar-refractivity contribution in [3.63, 3.8) is 0 Å². The van der Waals surface area contributed by atoms with Crippen LogP contribution in [0.2, 0.25) is 0 Å². The van der Waals surface area contributed by atoms with Crippen molar-refractivity contribution in [2.75, 3.05) is 13.2 Å². The van der Waals surface area contributed by atoms with Gasteiger partial charge in [-0.2, -0.15) is 0 Å². The van der Waals surface area contributed by atoms with Crippen molar-refractivity contribution in [3.05, 3.63) is 36.5 Å². The van der Waals surface area contributed by atoms with Crippen molar-refractivity contribution < 1.29 is 24.5 Å². The summed E-state index contributed by atoms with van der Waals surface area (Å²) in [6, 6.07) is -0.625. The Morgan fingerprint density at radius 3 is 0.988 bits per heavy atom. The van der Waals surface area contributed by atoms with Crippen molar-refractivity contribution >= 4 is 11.9 Å². The Morgan fingerprint density at radius 2 is 0.642 bits per heavy atom. The van der Waals surface area contributed by atoms with Crippen LogP contribution in [0.3, 0.4) is 0 Å². The maximum Gasteiger partial charge on any atom is 0.305 e. The lowest BCUT2D eigenvalue weighted by Crippen LogP contribution is -2.45. The van der Waals surface area contributed by atoms with Gasteiger partial charge in [0.1, 0.15) is 0 Å². The maximum atomic E-state index is 12.5. The molecule has 0 heterocycles. The minimum atomic E-state index is -0.842. The molecule has 0 saturated carbocycles. The van der Waals surface area contributed by atoms with Gasteiger partial charge in [0.05, 0.1) is 25.4 Å². The standard InChI is InChI=1S/C75H143NO5/c1-3-5-7-9-11-13-15-17-18-19-20-34-37-40-44-47-51-55-59-63-67-73(78)72(71-77)76-74(79)68-64-60-56-52-48-45-41-38-35-32-30-28-26-24-22-21-23-25-27-29-31-33-36-39-42-46-50-54-58-62-66-70-81-75(80)69-65-61-57-53-49-43-16-14-12-10-8-6-4-2/h8,10,14,16,63,67,72-73,77-78H,3-7,9,11-13,15,17-62,64-66,68-71H2,1-2H3,(H,76,79)/b10-8-,16-14-,67-63+. The molecule has 6 heteroatoms. The first-order valence-corrected chi connectivity index (χ1v) is 36.8. The molecule has 0 aliphatic heterocycles. The molecule has 3 N–H and O–H groups in total. The number of rotatable bonds is 69. The summed E-state index contributed by atoms with van der Waals surface area (Å²) in [4.78, 5) is 24.6. The molecule has 0 aliphatic rings. The lowest BCUT2D eigenvalue weighted by molar-refractivity contribution is -0.143. The van der Waals surface area contributed by atoms with Gasteiger partial charge in [-0.3, -0.25) is 9.59 Å². The third kappa shape index (κ3) is 67.1. The number of esters is 1. The number of hydrogen-bond acceptors (Lipinski definition) is 5. The topological polar surface area (TPSA) is 95.9 Å². The molecule has 0 aromatic rings. The molecule has 0 bridgehead atoms. The van der Waals surface area contributed by atoms with Crippen LogP contribution in [-0.4, -0.2) is 47.4 Å². The summed E-state index contributed by atoms with van der Waals surface area (Å²) in [5.41, 5.74) is 0. The van der Waals surface area contributed by atoms with Gasteiger partial charge in [-0.25, -0.2) is 0 Å². The number of hydrogen-bond donors (Lipinski definition) is 3. The van der Waals surface area contributed by atoms with Gasteiger partial charge in [0.2, 0.25) is 5.91 Å². The van der Waals surface area contributed by atoms with E-state index in [1.807, 2.05) is 6.08 Å². The van der Waals surface area contributed by atoms with E-state index in [1.165, 1.54) is 327 Å². The molecular weight excluding hydrogens is 995 g/mol. The van der Waals surface area contributed by atoms with Gasteiger partial charge in [-0.1, -0.05) is 371 Å². The van der Waals surface area contributed by atoms with Crippen molar-refractivity contribution in [2.45, 2.75) is 418 Å². The average Bonchev–Trinajstić information content (AvgIpc) is 3.47. The van der Waals surface area contributed by atoms with Gasteiger partial charge in [-0.15, -0.1) is 0 Å². The van der Waals surface area contributed by atoms with Crippen molar-refractivity contribution in [1.29, 1.82) is 0 Å². The Morgan fingerprint density at radius 1 is 0.346 bits per heavy atom. The van der Waals surface area contributed by atoms with E-state index in [2.05, 4.69) is 43.5 Å². The lowest BCUT2D eigenvalue weighted by Gasteiger charge is -2.20. The highest BCUT2D eigenvalue weighted by Crippen LogP contribution is 2.19. The van der Waals surface area contributed by atoms with Crippen molar-refractivity contribution in [3.8, 4) is 0 Å². The maximum absolute atomic E-state index is 12.5. The third-order valence-corrected chi connectivity index (χ3v) is 17.1. The summed E-state index contributed by atoms with van der Waals surface area (Å²) in [7, 11) is 0. The Bertz CT molecular complexity index is 1310. The molecule has 0 aromatic carbocycles. The molecule has 478 valence electrons. The van der Waals surface area contributed by atoms with Crippen LogP contribution < -0.4 is 5.32 Å². The van der Waals surface area contributed by atoms with Crippen LogP contribution in [0.5, 0.6) is 0 Å².